The molecule has 16 heavy (non-hydrogen) atoms. The summed E-state index contributed by atoms with van der Waals surface area (Å²) in [7, 11) is 0. The van der Waals surface area contributed by atoms with Crippen LogP contribution >= 0.6 is 24.0 Å². The molecule has 1 aromatic carbocycles. The van der Waals surface area contributed by atoms with Crippen molar-refractivity contribution in [2.75, 3.05) is 19.8 Å². The molecule has 0 aromatic heterocycles. The Hall–Kier alpha value is -0.280. The van der Waals surface area contributed by atoms with Gasteiger partial charge >= 0.3 is 0 Å². The van der Waals surface area contributed by atoms with Crippen LogP contribution in [0.15, 0.2) is 24.3 Å². The standard InChI is InChI=1S/C12H16ClNO.ClH/c13-11-3-1-10(2-4-11)12(9-14)5-7-15-8-6-12;/h1-4H,5-9,14H2;1H. The fourth-order valence-corrected chi connectivity index (χ4v) is 2.30. The molecule has 0 bridgehead atoms. The summed E-state index contributed by atoms with van der Waals surface area (Å²) in [6.45, 7) is 2.29. The van der Waals surface area contributed by atoms with Gasteiger partial charge in [-0.2, -0.15) is 0 Å². The average Bonchev–Trinajstić information content (AvgIpc) is 2.31. The van der Waals surface area contributed by atoms with Crippen molar-refractivity contribution in [1.29, 1.82) is 0 Å². The normalized spacial score (nSPS) is 18.9. The third kappa shape index (κ3) is 2.69. The zero-order valence-electron chi connectivity index (χ0n) is 9.12. The van der Waals surface area contributed by atoms with Crippen LogP contribution in [0.25, 0.3) is 0 Å². The van der Waals surface area contributed by atoms with Gasteiger partial charge < -0.3 is 10.5 Å². The van der Waals surface area contributed by atoms with E-state index >= 15 is 0 Å². The number of hydrogen-bond donors (Lipinski definition) is 1. The SMILES string of the molecule is Cl.NCC1(c2ccc(Cl)cc2)CCOCC1. The van der Waals surface area contributed by atoms with E-state index in [9.17, 15) is 0 Å². The highest BCUT2D eigenvalue weighted by Crippen LogP contribution is 2.34. The molecule has 1 fully saturated rings. The lowest BCUT2D eigenvalue weighted by Gasteiger charge is -2.36. The molecule has 4 heteroatoms. The molecule has 0 unspecified atom stereocenters. The first kappa shape index (κ1) is 13.8. The first-order valence-corrected chi connectivity index (χ1v) is 5.68. The third-order valence-electron chi connectivity index (χ3n) is 3.30. The van der Waals surface area contributed by atoms with Crippen molar-refractivity contribution in [2.45, 2.75) is 18.3 Å². The van der Waals surface area contributed by atoms with Gasteiger partial charge in [0.2, 0.25) is 0 Å². The summed E-state index contributed by atoms with van der Waals surface area (Å²) < 4.78 is 5.39. The van der Waals surface area contributed by atoms with Crippen LogP contribution in [-0.2, 0) is 10.2 Å². The molecular formula is C12H17Cl2NO. The number of halogens is 2. The Morgan fingerprint density at radius 1 is 1.19 bits per heavy atom. The molecular weight excluding hydrogens is 245 g/mol. The Morgan fingerprint density at radius 3 is 2.25 bits per heavy atom. The molecule has 2 rings (SSSR count). The molecule has 0 radical (unpaired) electrons. The average molecular weight is 262 g/mol. The Bertz CT molecular complexity index is 320. The van der Waals surface area contributed by atoms with Gasteiger partial charge in [0.25, 0.3) is 0 Å². The first-order chi connectivity index (χ1) is 7.27. The van der Waals surface area contributed by atoms with E-state index in [0.717, 1.165) is 31.1 Å². The van der Waals surface area contributed by atoms with Gasteiger partial charge in [-0.15, -0.1) is 12.4 Å². The lowest BCUT2D eigenvalue weighted by Crippen LogP contribution is -2.40. The van der Waals surface area contributed by atoms with Crippen molar-refractivity contribution in [3.8, 4) is 0 Å². The van der Waals surface area contributed by atoms with Crippen LogP contribution < -0.4 is 5.73 Å². The quantitative estimate of drug-likeness (QED) is 0.889. The third-order valence-corrected chi connectivity index (χ3v) is 3.55. The van der Waals surface area contributed by atoms with E-state index in [2.05, 4.69) is 12.1 Å². The molecule has 2 N–H and O–H groups in total. The van der Waals surface area contributed by atoms with E-state index < -0.39 is 0 Å². The van der Waals surface area contributed by atoms with E-state index in [-0.39, 0.29) is 17.8 Å². The number of hydrogen-bond acceptors (Lipinski definition) is 2. The fraction of sp³-hybridized carbons (Fsp3) is 0.500. The summed E-state index contributed by atoms with van der Waals surface area (Å²) in [6.07, 6.45) is 2.01. The molecule has 1 heterocycles. The van der Waals surface area contributed by atoms with Crippen molar-refractivity contribution in [3.63, 3.8) is 0 Å². The minimum Gasteiger partial charge on any atom is -0.381 e. The van der Waals surface area contributed by atoms with Crippen molar-refractivity contribution >= 4 is 24.0 Å². The molecule has 1 aromatic rings. The highest BCUT2D eigenvalue weighted by atomic mass is 35.5. The first-order valence-electron chi connectivity index (χ1n) is 5.31. The van der Waals surface area contributed by atoms with Gasteiger partial charge in [0.1, 0.15) is 0 Å². The molecule has 0 amide bonds. The van der Waals surface area contributed by atoms with E-state index in [4.69, 9.17) is 22.1 Å². The second-order valence-electron chi connectivity index (χ2n) is 4.10. The van der Waals surface area contributed by atoms with E-state index in [0.29, 0.717) is 6.54 Å². The second kappa shape index (κ2) is 5.87. The Labute approximate surface area is 108 Å². The van der Waals surface area contributed by atoms with Crippen LogP contribution in [0.1, 0.15) is 18.4 Å². The minimum absolute atomic E-state index is 0. The Kier molecular flexibility index (Phi) is 5.06. The van der Waals surface area contributed by atoms with Gasteiger partial charge in [0.05, 0.1) is 0 Å². The summed E-state index contributed by atoms with van der Waals surface area (Å²) in [5.41, 5.74) is 7.31. The van der Waals surface area contributed by atoms with E-state index in [1.54, 1.807) is 0 Å². The lowest BCUT2D eigenvalue weighted by molar-refractivity contribution is 0.0529. The summed E-state index contributed by atoms with van der Waals surface area (Å²) >= 11 is 5.88. The summed E-state index contributed by atoms with van der Waals surface area (Å²) in [6, 6.07) is 8.04. The predicted octanol–water partition coefficient (Wildman–Crippen LogP) is 2.77. The highest BCUT2D eigenvalue weighted by Gasteiger charge is 2.32. The minimum atomic E-state index is 0. The molecule has 1 aliphatic rings. The van der Waals surface area contributed by atoms with Gasteiger partial charge in [0, 0.05) is 30.2 Å². The van der Waals surface area contributed by atoms with Crippen molar-refractivity contribution in [1.82, 2.24) is 0 Å². The molecule has 0 saturated carbocycles. The van der Waals surface area contributed by atoms with Gasteiger partial charge in [-0.1, -0.05) is 23.7 Å². The molecule has 0 atom stereocenters. The Balaban J connectivity index is 0.00000128. The van der Waals surface area contributed by atoms with Crippen molar-refractivity contribution in [3.05, 3.63) is 34.9 Å². The molecule has 90 valence electrons. The van der Waals surface area contributed by atoms with Crippen LogP contribution in [0, 0.1) is 0 Å². The van der Waals surface area contributed by atoms with Gasteiger partial charge in [-0.3, -0.25) is 0 Å². The van der Waals surface area contributed by atoms with Gasteiger partial charge in [-0.25, -0.2) is 0 Å². The maximum absolute atomic E-state index is 5.92. The zero-order chi connectivity index (χ0) is 10.7. The van der Waals surface area contributed by atoms with E-state index in [1.165, 1.54) is 5.56 Å². The summed E-state index contributed by atoms with van der Waals surface area (Å²) in [5, 5.41) is 0.776. The smallest absolute Gasteiger partial charge is 0.0475 e. The molecule has 2 nitrogen and oxygen atoms in total. The topological polar surface area (TPSA) is 35.2 Å². The molecule has 1 aliphatic heterocycles. The van der Waals surface area contributed by atoms with Crippen LogP contribution in [0.4, 0.5) is 0 Å². The zero-order valence-corrected chi connectivity index (χ0v) is 10.7. The number of nitrogens with two attached hydrogens (primary N) is 1. The van der Waals surface area contributed by atoms with Gasteiger partial charge in [0.15, 0.2) is 0 Å². The van der Waals surface area contributed by atoms with Crippen LogP contribution in [0.3, 0.4) is 0 Å². The number of benzene rings is 1. The summed E-state index contributed by atoms with van der Waals surface area (Å²) in [4.78, 5) is 0. The van der Waals surface area contributed by atoms with Crippen molar-refractivity contribution < 1.29 is 4.74 Å². The Morgan fingerprint density at radius 2 is 1.75 bits per heavy atom. The van der Waals surface area contributed by atoms with Crippen LogP contribution in [0.5, 0.6) is 0 Å². The lowest BCUT2D eigenvalue weighted by atomic mass is 9.74. The maximum Gasteiger partial charge on any atom is 0.0475 e. The highest BCUT2D eigenvalue weighted by molar-refractivity contribution is 6.30. The summed E-state index contributed by atoms with van der Waals surface area (Å²) in [5.74, 6) is 0. The predicted molar refractivity (Wildman–Crippen MR) is 69.5 cm³/mol. The molecule has 0 spiro atoms. The molecule has 0 aliphatic carbocycles. The monoisotopic (exact) mass is 261 g/mol. The molecule has 1 saturated heterocycles. The fourth-order valence-electron chi connectivity index (χ4n) is 2.18. The number of rotatable bonds is 2. The van der Waals surface area contributed by atoms with Crippen molar-refractivity contribution in [2.24, 2.45) is 5.73 Å². The van der Waals surface area contributed by atoms with Gasteiger partial charge in [-0.05, 0) is 30.5 Å². The largest absolute Gasteiger partial charge is 0.381 e. The van der Waals surface area contributed by atoms with E-state index in [1.807, 2.05) is 12.1 Å². The second-order valence-corrected chi connectivity index (χ2v) is 4.54. The number of ether oxygens (including phenoxy) is 1. The van der Waals surface area contributed by atoms with Crippen LogP contribution in [-0.4, -0.2) is 19.8 Å². The maximum atomic E-state index is 5.92. The van der Waals surface area contributed by atoms with Crippen LogP contribution in [0.2, 0.25) is 5.02 Å².